The number of nitrogens with zero attached hydrogens (tertiary/aromatic N) is 2. The fraction of sp³-hybridized carbons (Fsp3) is 0.909. The third-order valence-corrected chi connectivity index (χ3v) is 5.11. The number of ether oxygens (including phenoxy) is 3. The van der Waals surface area contributed by atoms with E-state index in [-0.39, 0.29) is 12.2 Å². The van der Waals surface area contributed by atoms with E-state index in [2.05, 4.69) is 17.6 Å². The quantitative estimate of drug-likeness (QED) is 0.335. The first-order chi connectivity index (χ1) is 14.4. The molecular weight excluding hydrogens is 384 g/mol. The zero-order chi connectivity index (χ0) is 21.8. The van der Waals surface area contributed by atoms with Gasteiger partial charge in [0.25, 0.3) is 0 Å². The molecule has 0 spiro atoms. The van der Waals surface area contributed by atoms with E-state index in [9.17, 15) is 4.79 Å². The van der Waals surface area contributed by atoms with Crippen LogP contribution in [0, 0.1) is 5.92 Å². The molecule has 2 atom stereocenters. The van der Waals surface area contributed by atoms with E-state index in [4.69, 9.17) is 19.2 Å². The molecule has 30 heavy (non-hydrogen) atoms. The number of carbonyl (C=O) groups excluding carboxylic acids is 1. The molecule has 1 amide bonds. The van der Waals surface area contributed by atoms with Crippen molar-refractivity contribution in [2.45, 2.75) is 71.5 Å². The van der Waals surface area contributed by atoms with Gasteiger partial charge in [-0.15, -0.1) is 0 Å². The summed E-state index contributed by atoms with van der Waals surface area (Å²) in [7, 11) is 0. The van der Waals surface area contributed by atoms with Gasteiger partial charge in [0.1, 0.15) is 5.60 Å². The second-order valence-corrected chi connectivity index (χ2v) is 9.14. The summed E-state index contributed by atoms with van der Waals surface area (Å²) in [5.74, 6) is 1.18. The minimum absolute atomic E-state index is 0.218. The molecule has 2 heterocycles. The Hall–Kier alpha value is -1.54. The average Bonchev–Trinajstić information content (AvgIpc) is 3.21. The molecule has 8 heteroatoms. The van der Waals surface area contributed by atoms with E-state index in [0.29, 0.717) is 25.6 Å². The Kier molecular flexibility index (Phi) is 10.7. The van der Waals surface area contributed by atoms with E-state index in [1.165, 1.54) is 0 Å². The first kappa shape index (κ1) is 24.7. The van der Waals surface area contributed by atoms with Gasteiger partial charge in [-0.05, 0) is 65.7 Å². The van der Waals surface area contributed by atoms with Crippen molar-refractivity contribution in [3.8, 4) is 0 Å². The minimum atomic E-state index is -0.460. The molecule has 2 saturated heterocycles. The lowest BCUT2D eigenvalue weighted by Crippen LogP contribution is -2.44. The zero-order valence-electron chi connectivity index (χ0n) is 19.4. The van der Waals surface area contributed by atoms with Gasteiger partial charge in [-0.3, -0.25) is 4.99 Å². The van der Waals surface area contributed by atoms with Crippen LogP contribution in [0.1, 0.15) is 59.8 Å². The van der Waals surface area contributed by atoms with Crippen LogP contribution in [0.3, 0.4) is 0 Å². The number of hydrogen-bond acceptors (Lipinski definition) is 5. The number of amides is 1. The van der Waals surface area contributed by atoms with Crippen LogP contribution in [0.4, 0.5) is 4.79 Å². The van der Waals surface area contributed by atoms with Crippen molar-refractivity contribution < 1.29 is 19.0 Å². The number of rotatable bonds is 9. The first-order valence-corrected chi connectivity index (χ1v) is 11.6. The molecule has 0 aromatic carbocycles. The van der Waals surface area contributed by atoms with Crippen molar-refractivity contribution in [3.63, 3.8) is 0 Å². The van der Waals surface area contributed by atoms with E-state index in [0.717, 1.165) is 70.9 Å². The highest BCUT2D eigenvalue weighted by atomic mass is 16.6. The monoisotopic (exact) mass is 426 g/mol. The molecule has 0 aliphatic carbocycles. The van der Waals surface area contributed by atoms with Crippen LogP contribution in [-0.2, 0) is 14.2 Å². The van der Waals surface area contributed by atoms with E-state index in [1.54, 1.807) is 0 Å². The molecule has 2 aliphatic rings. The summed E-state index contributed by atoms with van der Waals surface area (Å²) >= 11 is 0. The lowest BCUT2D eigenvalue weighted by Gasteiger charge is -2.33. The van der Waals surface area contributed by atoms with Crippen LogP contribution in [0.25, 0.3) is 0 Å². The summed E-state index contributed by atoms with van der Waals surface area (Å²) in [4.78, 5) is 18.9. The lowest BCUT2D eigenvalue weighted by atomic mass is 9.98. The van der Waals surface area contributed by atoms with Gasteiger partial charge in [-0.25, -0.2) is 4.79 Å². The summed E-state index contributed by atoms with van der Waals surface area (Å²) in [5.41, 5.74) is -0.460. The Balaban J connectivity index is 1.67. The van der Waals surface area contributed by atoms with Crippen molar-refractivity contribution in [2.24, 2.45) is 10.9 Å². The highest BCUT2D eigenvalue weighted by Crippen LogP contribution is 2.19. The normalized spacial score (nSPS) is 22.8. The number of likely N-dealkylation sites (tertiary alicyclic amines) is 1. The lowest BCUT2D eigenvalue weighted by molar-refractivity contribution is 0.0167. The highest BCUT2D eigenvalue weighted by Gasteiger charge is 2.27. The molecule has 2 N–H and O–H groups in total. The van der Waals surface area contributed by atoms with E-state index < -0.39 is 5.60 Å². The maximum atomic E-state index is 12.3. The number of guanidine groups is 1. The predicted octanol–water partition coefficient (Wildman–Crippen LogP) is 2.77. The van der Waals surface area contributed by atoms with Gasteiger partial charge < -0.3 is 29.7 Å². The molecular formula is C22H42N4O4. The van der Waals surface area contributed by atoms with Gasteiger partial charge in [0.05, 0.1) is 12.7 Å². The second kappa shape index (κ2) is 13.0. The molecule has 2 rings (SSSR count). The molecule has 0 bridgehead atoms. The van der Waals surface area contributed by atoms with Crippen molar-refractivity contribution in [1.29, 1.82) is 0 Å². The molecule has 2 aliphatic heterocycles. The summed E-state index contributed by atoms with van der Waals surface area (Å²) < 4.78 is 16.8. The van der Waals surface area contributed by atoms with Gasteiger partial charge in [0, 0.05) is 45.9 Å². The van der Waals surface area contributed by atoms with Crippen LogP contribution >= 0.6 is 0 Å². The number of aliphatic imine (C=N–C) groups is 1. The highest BCUT2D eigenvalue weighted by molar-refractivity contribution is 5.79. The Bertz CT molecular complexity index is 530. The fourth-order valence-corrected chi connectivity index (χ4v) is 3.64. The number of piperidine rings is 1. The van der Waals surface area contributed by atoms with Gasteiger partial charge in [-0.1, -0.05) is 0 Å². The minimum Gasteiger partial charge on any atom is -0.444 e. The van der Waals surface area contributed by atoms with E-state index >= 15 is 0 Å². The van der Waals surface area contributed by atoms with Gasteiger partial charge in [0.2, 0.25) is 0 Å². The standard InChI is InChI=1S/C22H42N4O4/c1-5-23-20(24-11-8-13-28-17-19-10-7-14-29-19)25-15-18-9-6-12-26(16-18)21(27)30-22(2,3)4/h18-19H,5-17H2,1-4H3,(H2,23,24,25). The van der Waals surface area contributed by atoms with Crippen molar-refractivity contribution in [2.75, 3.05) is 52.5 Å². The van der Waals surface area contributed by atoms with Crippen LogP contribution in [-0.4, -0.2) is 81.2 Å². The Morgan fingerprint density at radius 2 is 2.07 bits per heavy atom. The molecule has 174 valence electrons. The van der Waals surface area contributed by atoms with Gasteiger partial charge in [-0.2, -0.15) is 0 Å². The fourth-order valence-electron chi connectivity index (χ4n) is 3.64. The smallest absolute Gasteiger partial charge is 0.410 e. The molecule has 2 unspecified atom stereocenters. The maximum absolute atomic E-state index is 12.3. The second-order valence-electron chi connectivity index (χ2n) is 9.14. The molecule has 0 aromatic heterocycles. The summed E-state index contributed by atoms with van der Waals surface area (Å²) in [6.45, 7) is 13.8. The Morgan fingerprint density at radius 3 is 2.77 bits per heavy atom. The Labute approximate surface area is 182 Å². The number of carbonyl (C=O) groups is 1. The number of nitrogens with one attached hydrogen (secondary N) is 2. The summed E-state index contributed by atoms with van der Waals surface area (Å²) in [6.07, 6.45) is 5.32. The third-order valence-electron chi connectivity index (χ3n) is 5.11. The average molecular weight is 427 g/mol. The first-order valence-electron chi connectivity index (χ1n) is 11.6. The van der Waals surface area contributed by atoms with Crippen LogP contribution in [0.15, 0.2) is 4.99 Å². The molecule has 0 radical (unpaired) electrons. The Morgan fingerprint density at radius 1 is 1.23 bits per heavy atom. The van der Waals surface area contributed by atoms with Crippen molar-refractivity contribution in [3.05, 3.63) is 0 Å². The zero-order valence-corrected chi connectivity index (χ0v) is 19.4. The molecule has 0 aromatic rings. The van der Waals surface area contributed by atoms with E-state index in [1.807, 2.05) is 25.7 Å². The van der Waals surface area contributed by atoms with Gasteiger partial charge >= 0.3 is 6.09 Å². The summed E-state index contributed by atoms with van der Waals surface area (Å²) in [5, 5.41) is 6.67. The predicted molar refractivity (Wildman–Crippen MR) is 119 cm³/mol. The molecule has 2 fully saturated rings. The molecule has 0 saturated carbocycles. The molecule has 8 nitrogen and oxygen atoms in total. The maximum Gasteiger partial charge on any atom is 0.410 e. The van der Waals surface area contributed by atoms with Crippen LogP contribution in [0.5, 0.6) is 0 Å². The van der Waals surface area contributed by atoms with Crippen LogP contribution in [0.2, 0.25) is 0 Å². The summed E-state index contributed by atoms with van der Waals surface area (Å²) in [6, 6.07) is 0. The van der Waals surface area contributed by atoms with Crippen LogP contribution < -0.4 is 10.6 Å². The van der Waals surface area contributed by atoms with Gasteiger partial charge in [0.15, 0.2) is 5.96 Å². The third kappa shape index (κ3) is 9.98. The SMILES string of the molecule is CCNC(=NCC1CCCN(C(=O)OC(C)(C)C)C1)NCCCOCC1CCCO1. The largest absolute Gasteiger partial charge is 0.444 e. The number of hydrogen-bond donors (Lipinski definition) is 2. The van der Waals surface area contributed by atoms with Crippen molar-refractivity contribution >= 4 is 12.1 Å². The van der Waals surface area contributed by atoms with Crippen molar-refractivity contribution in [1.82, 2.24) is 15.5 Å². The topological polar surface area (TPSA) is 84.4 Å².